The lowest BCUT2D eigenvalue weighted by atomic mass is 10.1. The lowest BCUT2D eigenvalue weighted by Gasteiger charge is -2.21. The second-order valence-electron chi connectivity index (χ2n) is 5.80. The summed E-state index contributed by atoms with van der Waals surface area (Å²) in [5.74, 6) is 1.26. The van der Waals surface area contributed by atoms with Crippen LogP contribution in [0.15, 0.2) is 40.5 Å². The molecule has 5 nitrogen and oxygen atoms in total. The topological polar surface area (TPSA) is 63.5 Å². The SMILES string of the molecule is CC(NCC1=Cc2cc(Cl)cc(Cl)c2OC1)C(=O)NCc1ccco1. The predicted octanol–water partition coefficient (Wildman–Crippen LogP) is 3.66. The molecule has 25 heavy (non-hydrogen) atoms. The maximum absolute atomic E-state index is 12.1. The molecule has 1 aromatic heterocycles. The summed E-state index contributed by atoms with van der Waals surface area (Å²) in [7, 11) is 0. The molecule has 7 heteroatoms. The van der Waals surface area contributed by atoms with Gasteiger partial charge in [0.15, 0.2) is 0 Å². The zero-order valence-corrected chi connectivity index (χ0v) is 15.2. The lowest BCUT2D eigenvalue weighted by molar-refractivity contribution is -0.122. The summed E-state index contributed by atoms with van der Waals surface area (Å²) in [6, 6.07) is 6.72. The van der Waals surface area contributed by atoms with Gasteiger partial charge in [-0.25, -0.2) is 0 Å². The molecule has 0 fully saturated rings. The zero-order chi connectivity index (χ0) is 17.8. The van der Waals surface area contributed by atoms with Gasteiger partial charge in [-0.15, -0.1) is 0 Å². The van der Waals surface area contributed by atoms with Crippen molar-refractivity contribution < 1.29 is 13.9 Å². The molecule has 1 aliphatic rings. The van der Waals surface area contributed by atoms with E-state index in [2.05, 4.69) is 10.6 Å². The van der Waals surface area contributed by atoms with E-state index in [4.69, 9.17) is 32.4 Å². The van der Waals surface area contributed by atoms with Crippen LogP contribution in [-0.4, -0.2) is 25.1 Å². The monoisotopic (exact) mass is 380 g/mol. The van der Waals surface area contributed by atoms with E-state index in [-0.39, 0.29) is 11.9 Å². The van der Waals surface area contributed by atoms with E-state index in [9.17, 15) is 4.79 Å². The summed E-state index contributed by atoms with van der Waals surface area (Å²) < 4.78 is 10.9. The molecular weight excluding hydrogens is 363 g/mol. The van der Waals surface area contributed by atoms with Crippen LogP contribution in [0.3, 0.4) is 0 Å². The third-order valence-corrected chi connectivity index (χ3v) is 4.34. The molecule has 3 rings (SSSR count). The quantitative estimate of drug-likeness (QED) is 0.802. The highest BCUT2D eigenvalue weighted by molar-refractivity contribution is 6.36. The van der Waals surface area contributed by atoms with E-state index < -0.39 is 0 Å². The van der Waals surface area contributed by atoms with Crippen LogP contribution in [0.1, 0.15) is 18.2 Å². The molecule has 1 amide bonds. The number of furan rings is 1. The Kier molecular flexibility index (Phi) is 5.68. The molecule has 132 valence electrons. The van der Waals surface area contributed by atoms with Crippen LogP contribution < -0.4 is 15.4 Å². The van der Waals surface area contributed by atoms with E-state index in [1.54, 1.807) is 24.5 Å². The Morgan fingerprint density at radius 1 is 1.32 bits per heavy atom. The summed E-state index contributed by atoms with van der Waals surface area (Å²) in [6.45, 7) is 3.12. The van der Waals surface area contributed by atoms with Crippen molar-refractivity contribution in [2.24, 2.45) is 0 Å². The number of hydrogen-bond acceptors (Lipinski definition) is 4. The minimum atomic E-state index is -0.347. The molecule has 1 aromatic carbocycles. The first-order valence-corrected chi connectivity index (χ1v) is 8.63. The molecule has 2 N–H and O–H groups in total. The number of hydrogen-bond donors (Lipinski definition) is 2. The van der Waals surface area contributed by atoms with Crippen molar-refractivity contribution >= 4 is 35.2 Å². The Labute approximate surface area is 155 Å². The van der Waals surface area contributed by atoms with Gasteiger partial charge in [0.05, 0.1) is 23.9 Å². The van der Waals surface area contributed by atoms with Crippen molar-refractivity contribution in [2.75, 3.05) is 13.2 Å². The molecule has 1 unspecified atom stereocenters. The third kappa shape index (κ3) is 4.57. The number of amides is 1. The second-order valence-corrected chi connectivity index (χ2v) is 6.64. The number of rotatable bonds is 6. The van der Waals surface area contributed by atoms with Crippen LogP contribution in [-0.2, 0) is 11.3 Å². The van der Waals surface area contributed by atoms with Gasteiger partial charge in [0.1, 0.15) is 18.1 Å². The standard InChI is InChI=1S/C18H18Cl2N2O3/c1-11(18(23)22-9-15-3-2-4-24-15)21-8-12-5-13-6-14(19)7-16(20)17(13)25-10-12/h2-7,11,21H,8-10H2,1H3,(H,22,23). The van der Waals surface area contributed by atoms with Crippen LogP contribution >= 0.6 is 23.2 Å². The van der Waals surface area contributed by atoms with E-state index in [0.29, 0.717) is 41.3 Å². The average Bonchev–Trinajstić information content (AvgIpc) is 3.10. The Morgan fingerprint density at radius 3 is 2.92 bits per heavy atom. The first-order chi connectivity index (χ1) is 12.0. The van der Waals surface area contributed by atoms with Crippen molar-refractivity contribution in [3.63, 3.8) is 0 Å². The maximum Gasteiger partial charge on any atom is 0.237 e. The fourth-order valence-corrected chi connectivity index (χ4v) is 3.05. The van der Waals surface area contributed by atoms with Crippen molar-refractivity contribution in [3.8, 4) is 5.75 Å². The highest BCUT2D eigenvalue weighted by Gasteiger charge is 2.18. The van der Waals surface area contributed by atoms with Crippen molar-refractivity contribution in [3.05, 3.63) is 57.5 Å². The third-order valence-electron chi connectivity index (χ3n) is 3.84. The second kappa shape index (κ2) is 7.95. The van der Waals surface area contributed by atoms with Gasteiger partial charge in [0, 0.05) is 17.1 Å². The highest BCUT2D eigenvalue weighted by atomic mass is 35.5. The smallest absolute Gasteiger partial charge is 0.237 e. The van der Waals surface area contributed by atoms with Gasteiger partial charge in [-0.05, 0) is 42.8 Å². The molecule has 0 saturated heterocycles. The molecular formula is C18H18Cl2N2O3. The van der Waals surface area contributed by atoms with Gasteiger partial charge in [-0.3, -0.25) is 4.79 Å². The van der Waals surface area contributed by atoms with Crippen LogP contribution in [0.25, 0.3) is 6.08 Å². The minimum absolute atomic E-state index is 0.0970. The van der Waals surface area contributed by atoms with Crippen molar-refractivity contribution in [1.29, 1.82) is 0 Å². The molecule has 0 aliphatic carbocycles. The van der Waals surface area contributed by atoms with Gasteiger partial charge in [0.25, 0.3) is 0 Å². The number of fused-ring (bicyclic) bond motifs is 1. The van der Waals surface area contributed by atoms with Gasteiger partial charge in [0.2, 0.25) is 5.91 Å². The first-order valence-electron chi connectivity index (χ1n) is 7.87. The van der Waals surface area contributed by atoms with E-state index >= 15 is 0 Å². The largest absolute Gasteiger partial charge is 0.487 e. The summed E-state index contributed by atoms with van der Waals surface area (Å²) in [5, 5.41) is 7.06. The number of nitrogens with one attached hydrogen (secondary N) is 2. The van der Waals surface area contributed by atoms with E-state index in [0.717, 1.165) is 11.1 Å². The van der Waals surface area contributed by atoms with Gasteiger partial charge in [-0.1, -0.05) is 23.2 Å². The van der Waals surface area contributed by atoms with Crippen molar-refractivity contribution in [1.82, 2.24) is 10.6 Å². The Bertz CT molecular complexity index is 788. The van der Waals surface area contributed by atoms with Crippen LogP contribution in [0, 0.1) is 0 Å². The van der Waals surface area contributed by atoms with E-state index in [1.807, 2.05) is 19.1 Å². The number of carbonyl (C=O) groups excluding carboxylic acids is 1. The predicted molar refractivity (Wildman–Crippen MR) is 98.0 cm³/mol. The zero-order valence-electron chi connectivity index (χ0n) is 13.6. The minimum Gasteiger partial charge on any atom is -0.487 e. The molecule has 2 heterocycles. The summed E-state index contributed by atoms with van der Waals surface area (Å²) >= 11 is 12.2. The average molecular weight is 381 g/mol. The Hall–Kier alpha value is -1.95. The van der Waals surface area contributed by atoms with Crippen molar-refractivity contribution in [2.45, 2.75) is 19.5 Å². The molecule has 0 saturated carbocycles. The van der Waals surface area contributed by atoms with Crippen LogP contribution in [0.5, 0.6) is 5.75 Å². The number of halogens is 2. The van der Waals surface area contributed by atoms with Gasteiger partial charge >= 0.3 is 0 Å². The Morgan fingerprint density at radius 2 is 2.16 bits per heavy atom. The van der Waals surface area contributed by atoms with Gasteiger partial charge in [-0.2, -0.15) is 0 Å². The normalized spacial score (nSPS) is 14.3. The molecule has 1 atom stereocenters. The summed E-state index contributed by atoms with van der Waals surface area (Å²) in [5.41, 5.74) is 1.85. The molecule has 0 spiro atoms. The summed E-state index contributed by atoms with van der Waals surface area (Å²) in [4.78, 5) is 12.1. The lowest BCUT2D eigenvalue weighted by Crippen LogP contribution is -2.42. The molecule has 1 aliphatic heterocycles. The molecule has 0 bridgehead atoms. The number of ether oxygens (including phenoxy) is 1. The summed E-state index contributed by atoms with van der Waals surface area (Å²) in [6.07, 6.45) is 3.56. The fraction of sp³-hybridized carbons (Fsp3) is 0.278. The highest BCUT2D eigenvalue weighted by Crippen LogP contribution is 2.36. The number of benzene rings is 1. The Balaban J connectivity index is 1.54. The molecule has 2 aromatic rings. The van der Waals surface area contributed by atoms with E-state index in [1.165, 1.54) is 0 Å². The number of carbonyl (C=O) groups is 1. The van der Waals surface area contributed by atoms with Gasteiger partial charge < -0.3 is 19.8 Å². The van der Waals surface area contributed by atoms with Crippen LogP contribution in [0.4, 0.5) is 0 Å². The maximum atomic E-state index is 12.1. The van der Waals surface area contributed by atoms with Crippen LogP contribution in [0.2, 0.25) is 10.0 Å². The first kappa shape index (κ1) is 17.9. The fourth-order valence-electron chi connectivity index (χ4n) is 2.49. The molecule has 0 radical (unpaired) electrons.